The van der Waals surface area contributed by atoms with Gasteiger partial charge in [0.15, 0.2) is 16.6 Å². The first-order valence-corrected chi connectivity index (χ1v) is 21.8. The first-order chi connectivity index (χ1) is 11.6. The molecule has 9 heteroatoms. The fraction of sp³-hybridized carbons (Fsp3) is 0.412. The molecular weight excluding hydrogens is 409 g/mol. The Labute approximate surface area is 165 Å². The van der Waals surface area contributed by atoms with Gasteiger partial charge < -0.3 is 16.5 Å². The van der Waals surface area contributed by atoms with Crippen LogP contribution in [-0.2, 0) is 16.5 Å². The smallest absolute Gasteiger partial charge is 0.344 e. The van der Waals surface area contributed by atoms with Crippen LogP contribution in [0.2, 0.25) is 45.8 Å². The molecule has 2 unspecified atom stereocenters. The zero-order valence-electron chi connectivity index (χ0n) is 17.6. The van der Waals surface area contributed by atoms with Crippen LogP contribution in [0.3, 0.4) is 0 Å². The SMILES string of the molecule is C=C[Si](C)(C)O[Si](C)(C=C)O[Si](C)(C=C)O[Si](C)(C=C)O[Si](C)(C)C=C. The molecule has 0 aliphatic heterocycles. The summed E-state index contributed by atoms with van der Waals surface area (Å²) in [5, 5.41) is 0. The van der Waals surface area contributed by atoms with E-state index in [0.29, 0.717) is 0 Å². The molecule has 148 valence electrons. The van der Waals surface area contributed by atoms with E-state index in [9.17, 15) is 0 Å². The lowest BCUT2D eigenvalue weighted by Crippen LogP contribution is -2.59. The van der Waals surface area contributed by atoms with Gasteiger partial charge in [0.1, 0.15) is 0 Å². The maximum Gasteiger partial charge on any atom is 0.344 e. The van der Waals surface area contributed by atoms with Crippen molar-refractivity contribution in [2.75, 3.05) is 0 Å². The minimum Gasteiger partial charge on any atom is -0.430 e. The molecule has 0 fully saturated rings. The number of hydrogen-bond acceptors (Lipinski definition) is 4. The summed E-state index contributed by atoms with van der Waals surface area (Å²) < 4.78 is 25.7. The quantitative estimate of drug-likeness (QED) is 0.361. The summed E-state index contributed by atoms with van der Waals surface area (Å²) in [7, 11) is -12.2. The fourth-order valence-electron chi connectivity index (χ4n) is 2.25. The monoisotopic (exact) mass is 444 g/mol. The molecular formula is C17H36O4Si5. The van der Waals surface area contributed by atoms with Crippen LogP contribution in [-0.4, -0.2) is 42.3 Å². The second kappa shape index (κ2) is 9.21. The molecule has 0 aromatic heterocycles. The largest absolute Gasteiger partial charge is 0.430 e. The van der Waals surface area contributed by atoms with Gasteiger partial charge in [0, 0.05) is 0 Å². The highest BCUT2D eigenvalue weighted by Crippen LogP contribution is 2.28. The van der Waals surface area contributed by atoms with E-state index in [1.165, 1.54) is 0 Å². The molecule has 26 heavy (non-hydrogen) atoms. The van der Waals surface area contributed by atoms with Crippen LogP contribution in [0, 0.1) is 0 Å². The zero-order chi connectivity index (χ0) is 20.9. The van der Waals surface area contributed by atoms with E-state index >= 15 is 0 Å². The van der Waals surface area contributed by atoms with Crippen molar-refractivity contribution in [3.05, 3.63) is 61.4 Å². The van der Waals surface area contributed by atoms with Crippen LogP contribution in [0.4, 0.5) is 0 Å². The average molecular weight is 445 g/mol. The molecule has 0 rings (SSSR count). The van der Waals surface area contributed by atoms with E-state index < -0.39 is 42.3 Å². The normalized spacial score (nSPS) is 19.3. The lowest BCUT2D eigenvalue weighted by molar-refractivity contribution is 0.312. The van der Waals surface area contributed by atoms with Crippen molar-refractivity contribution < 1.29 is 16.5 Å². The van der Waals surface area contributed by atoms with Gasteiger partial charge in [-0.1, -0.05) is 28.5 Å². The number of hydrogen-bond donors (Lipinski definition) is 0. The average Bonchev–Trinajstić information content (AvgIpc) is 2.53. The van der Waals surface area contributed by atoms with Gasteiger partial charge in [-0.05, 0) is 45.8 Å². The van der Waals surface area contributed by atoms with E-state index in [0.717, 1.165) is 0 Å². The molecule has 0 amide bonds. The Balaban J connectivity index is 5.64. The van der Waals surface area contributed by atoms with Crippen molar-refractivity contribution in [1.29, 1.82) is 0 Å². The minimum atomic E-state index is -2.79. The Hall–Kier alpha value is -0.376. The Morgan fingerprint density at radius 1 is 0.423 bits per heavy atom. The molecule has 0 aromatic carbocycles. The lowest BCUT2D eigenvalue weighted by atomic mass is 11.3. The Bertz CT molecular complexity index is 521. The van der Waals surface area contributed by atoms with Gasteiger partial charge in [-0.2, -0.15) is 0 Å². The Morgan fingerprint density at radius 2 is 0.654 bits per heavy atom. The van der Waals surface area contributed by atoms with Gasteiger partial charge in [0.05, 0.1) is 0 Å². The highest BCUT2D eigenvalue weighted by Gasteiger charge is 2.47. The topological polar surface area (TPSA) is 36.9 Å². The summed E-state index contributed by atoms with van der Waals surface area (Å²) in [6.45, 7) is 33.9. The second-order valence-electron chi connectivity index (χ2n) is 7.68. The molecule has 0 N–H and O–H groups in total. The molecule has 2 atom stereocenters. The lowest BCUT2D eigenvalue weighted by Gasteiger charge is -2.42. The van der Waals surface area contributed by atoms with E-state index in [4.69, 9.17) is 16.5 Å². The van der Waals surface area contributed by atoms with E-state index in [1.807, 2.05) is 31.0 Å². The summed E-state index contributed by atoms with van der Waals surface area (Å²) >= 11 is 0. The molecule has 0 heterocycles. The van der Waals surface area contributed by atoms with Crippen molar-refractivity contribution in [1.82, 2.24) is 0 Å². The van der Waals surface area contributed by atoms with Gasteiger partial charge in [-0.15, -0.1) is 32.9 Å². The molecule has 0 saturated carbocycles. The van der Waals surface area contributed by atoms with Gasteiger partial charge in [0.2, 0.25) is 0 Å². The van der Waals surface area contributed by atoms with Crippen molar-refractivity contribution in [3.63, 3.8) is 0 Å². The molecule has 0 aromatic rings. The molecule has 0 saturated heterocycles. The summed E-state index contributed by atoms with van der Waals surface area (Å²) in [6, 6.07) is 0. The summed E-state index contributed by atoms with van der Waals surface area (Å²) in [4.78, 5) is 0. The molecule has 0 aliphatic rings. The van der Waals surface area contributed by atoms with Crippen molar-refractivity contribution in [3.8, 4) is 0 Å². The summed E-state index contributed by atoms with van der Waals surface area (Å²) in [5.41, 5.74) is 9.14. The highest BCUT2D eigenvalue weighted by molar-refractivity contribution is 6.96. The predicted octanol–water partition coefficient (Wildman–Crippen LogP) is 5.31. The van der Waals surface area contributed by atoms with Crippen LogP contribution in [0.5, 0.6) is 0 Å². The van der Waals surface area contributed by atoms with Crippen LogP contribution in [0.25, 0.3) is 0 Å². The van der Waals surface area contributed by atoms with Crippen LogP contribution < -0.4 is 0 Å². The van der Waals surface area contributed by atoms with E-state index in [-0.39, 0.29) is 0 Å². The van der Waals surface area contributed by atoms with Crippen molar-refractivity contribution >= 4 is 42.3 Å². The van der Waals surface area contributed by atoms with E-state index in [2.05, 4.69) is 59.1 Å². The molecule has 0 radical (unpaired) electrons. The van der Waals surface area contributed by atoms with Gasteiger partial charge in [0.25, 0.3) is 0 Å². The third kappa shape index (κ3) is 8.11. The van der Waals surface area contributed by atoms with Gasteiger partial charge in [-0.3, -0.25) is 0 Å². The van der Waals surface area contributed by atoms with Crippen LogP contribution in [0.15, 0.2) is 61.4 Å². The number of rotatable bonds is 13. The van der Waals surface area contributed by atoms with Crippen molar-refractivity contribution in [2.45, 2.75) is 45.8 Å². The van der Waals surface area contributed by atoms with Gasteiger partial charge >= 0.3 is 25.7 Å². The summed E-state index contributed by atoms with van der Waals surface area (Å²) in [5.74, 6) is 0. The second-order valence-corrected chi connectivity index (χ2v) is 25.5. The standard InChI is InChI=1S/C17H36O4Si5/c1-13-22(6,7)18-24(10,15-3)20-26(12,17-5)21-25(11,16-4)19-23(8,9)14-2/h13-17H,1-5H2,6-12H3. The molecule has 0 aliphatic carbocycles. The predicted molar refractivity (Wildman–Crippen MR) is 125 cm³/mol. The van der Waals surface area contributed by atoms with Crippen LogP contribution in [0.1, 0.15) is 0 Å². The first-order valence-electron chi connectivity index (χ1n) is 8.62. The molecule has 0 spiro atoms. The maximum absolute atomic E-state index is 6.49. The minimum absolute atomic E-state index is 1.77. The van der Waals surface area contributed by atoms with Crippen molar-refractivity contribution in [2.24, 2.45) is 0 Å². The molecule has 0 bridgehead atoms. The van der Waals surface area contributed by atoms with Crippen LogP contribution >= 0.6 is 0 Å². The third-order valence-corrected chi connectivity index (χ3v) is 22.0. The zero-order valence-corrected chi connectivity index (χ0v) is 22.6. The van der Waals surface area contributed by atoms with E-state index in [1.54, 1.807) is 17.1 Å². The summed E-state index contributed by atoms with van der Waals surface area (Å²) in [6.07, 6.45) is 0. The Morgan fingerprint density at radius 3 is 0.846 bits per heavy atom. The highest BCUT2D eigenvalue weighted by atomic mass is 28.5. The molecule has 4 nitrogen and oxygen atoms in total. The first kappa shape index (κ1) is 25.6. The van der Waals surface area contributed by atoms with Gasteiger partial charge in [-0.25, -0.2) is 0 Å². The maximum atomic E-state index is 6.49. The fourth-order valence-corrected chi connectivity index (χ4v) is 21.3. The Kier molecular flexibility index (Phi) is 9.08. The third-order valence-electron chi connectivity index (χ3n) is 3.84.